The van der Waals surface area contributed by atoms with E-state index in [4.69, 9.17) is 11.6 Å². The third-order valence-electron chi connectivity index (χ3n) is 4.57. The maximum atomic E-state index is 12.5. The number of halogens is 1. The Kier molecular flexibility index (Phi) is 2.63. The SMILES string of the molecule is Cc1nnc(Cl)c2cc3c(cc12)n(C)c(=O)n3C1CCC1. The Morgan fingerprint density at radius 2 is 1.90 bits per heavy atom. The summed E-state index contributed by atoms with van der Waals surface area (Å²) in [4.78, 5) is 12.5. The fraction of sp³-hybridized carbons (Fsp3) is 0.400. The normalized spacial score (nSPS) is 15.8. The van der Waals surface area contributed by atoms with Gasteiger partial charge >= 0.3 is 5.69 Å². The molecule has 0 amide bonds. The molecule has 0 aliphatic heterocycles. The van der Waals surface area contributed by atoms with Gasteiger partial charge in [-0.05, 0) is 38.3 Å². The molecule has 1 aliphatic carbocycles. The molecule has 0 atom stereocenters. The van der Waals surface area contributed by atoms with Crippen molar-refractivity contribution in [2.75, 3.05) is 0 Å². The molecule has 108 valence electrons. The summed E-state index contributed by atoms with van der Waals surface area (Å²) in [7, 11) is 1.82. The molecule has 0 N–H and O–H groups in total. The number of imidazole rings is 1. The standard InChI is InChI=1S/C15H15ClN4O/c1-8-10-6-12-13(7-11(10)14(16)18-17-8)20(9-4-3-5-9)15(21)19(12)2/h6-7,9H,3-5H2,1-2H3. The van der Waals surface area contributed by atoms with Gasteiger partial charge in [-0.3, -0.25) is 9.13 Å². The van der Waals surface area contributed by atoms with E-state index < -0.39 is 0 Å². The number of aromatic nitrogens is 4. The molecule has 0 saturated heterocycles. The Balaban J connectivity index is 2.17. The van der Waals surface area contributed by atoms with Gasteiger partial charge in [0.25, 0.3) is 0 Å². The molecule has 21 heavy (non-hydrogen) atoms. The molecule has 0 spiro atoms. The van der Waals surface area contributed by atoms with Crippen LogP contribution in [0.1, 0.15) is 31.0 Å². The van der Waals surface area contributed by atoms with Crippen molar-refractivity contribution < 1.29 is 0 Å². The first kappa shape index (κ1) is 12.8. The predicted molar refractivity (Wildman–Crippen MR) is 82.9 cm³/mol. The highest BCUT2D eigenvalue weighted by molar-refractivity contribution is 6.34. The Morgan fingerprint density at radius 3 is 2.57 bits per heavy atom. The van der Waals surface area contributed by atoms with Crippen LogP contribution in [0, 0.1) is 6.92 Å². The Labute approximate surface area is 126 Å². The molecule has 4 rings (SSSR count). The lowest BCUT2D eigenvalue weighted by molar-refractivity contribution is 0.312. The van der Waals surface area contributed by atoms with Crippen LogP contribution in [0.3, 0.4) is 0 Å². The minimum Gasteiger partial charge on any atom is -0.295 e. The van der Waals surface area contributed by atoms with Crippen LogP contribution in [0.5, 0.6) is 0 Å². The lowest BCUT2D eigenvalue weighted by Gasteiger charge is -2.26. The van der Waals surface area contributed by atoms with E-state index in [2.05, 4.69) is 10.2 Å². The van der Waals surface area contributed by atoms with Crippen LogP contribution < -0.4 is 5.69 Å². The minimum absolute atomic E-state index is 0.0414. The highest BCUT2D eigenvalue weighted by Gasteiger charge is 2.25. The van der Waals surface area contributed by atoms with Gasteiger partial charge in [0.05, 0.1) is 16.7 Å². The van der Waals surface area contributed by atoms with Gasteiger partial charge in [-0.15, -0.1) is 5.10 Å². The summed E-state index contributed by atoms with van der Waals surface area (Å²) in [6.07, 6.45) is 3.32. The number of hydrogen-bond acceptors (Lipinski definition) is 3. The summed E-state index contributed by atoms with van der Waals surface area (Å²) >= 11 is 6.19. The minimum atomic E-state index is 0.0414. The van der Waals surface area contributed by atoms with Crippen molar-refractivity contribution in [3.63, 3.8) is 0 Å². The molecular weight excluding hydrogens is 288 g/mol. The molecule has 1 fully saturated rings. The number of fused-ring (bicyclic) bond motifs is 2. The molecule has 5 nitrogen and oxygen atoms in total. The van der Waals surface area contributed by atoms with Gasteiger partial charge < -0.3 is 0 Å². The summed E-state index contributed by atoms with van der Waals surface area (Å²) in [5.74, 6) is 0. The van der Waals surface area contributed by atoms with Crippen molar-refractivity contribution in [1.29, 1.82) is 0 Å². The van der Waals surface area contributed by atoms with Gasteiger partial charge in [0.2, 0.25) is 0 Å². The summed E-state index contributed by atoms with van der Waals surface area (Å²) in [6, 6.07) is 4.29. The highest BCUT2D eigenvalue weighted by atomic mass is 35.5. The number of nitrogens with zero attached hydrogens (tertiary/aromatic N) is 4. The molecule has 1 aliphatic rings. The van der Waals surface area contributed by atoms with Gasteiger partial charge in [-0.1, -0.05) is 11.6 Å². The Bertz CT molecular complexity index is 936. The monoisotopic (exact) mass is 302 g/mol. The topological polar surface area (TPSA) is 52.7 Å². The van der Waals surface area contributed by atoms with Crippen molar-refractivity contribution in [2.24, 2.45) is 7.05 Å². The third-order valence-corrected chi connectivity index (χ3v) is 4.85. The second-order valence-electron chi connectivity index (χ2n) is 5.76. The van der Waals surface area contributed by atoms with Crippen LogP contribution in [-0.2, 0) is 7.05 Å². The fourth-order valence-corrected chi connectivity index (χ4v) is 3.29. The molecule has 0 unspecified atom stereocenters. The largest absolute Gasteiger partial charge is 0.329 e. The van der Waals surface area contributed by atoms with Crippen LogP contribution >= 0.6 is 11.6 Å². The first-order valence-corrected chi connectivity index (χ1v) is 7.49. The molecule has 1 aromatic carbocycles. The first-order chi connectivity index (χ1) is 10.1. The highest BCUT2D eigenvalue weighted by Crippen LogP contribution is 2.35. The second-order valence-corrected chi connectivity index (χ2v) is 6.12. The number of aryl methyl sites for hydroxylation is 2. The van der Waals surface area contributed by atoms with Gasteiger partial charge in [0.1, 0.15) is 0 Å². The van der Waals surface area contributed by atoms with Crippen molar-refractivity contribution in [1.82, 2.24) is 19.3 Å². The van der Waals surface area contributed by atoms with E-state index >= 15 is 0 Å². The maximum absolute atomic E-state index is 12.5. The second kappa shape index (κ2) is 4.31. The molecule has 0 bridgehead atoms. The van der Waals surface area contributed by atoms with Crippen molar-refractivity contribution in [3.8, 4) is 0 Å². The third kappa shape index (κ3) is 1.67. The lowest BCUT2D eigenvalue weighted by Crippen LogP contribution is -2.29. The average Bonchev–Trinajstić information content (AvgIpc) is 2.65. The van der Waals surface area contributed by atoms with Crippen molar-refractivity contribution in [2.45, 2.75) is 32.2 Å². The molecule has 6 heteroatoms. The molecule has 1 saturated carbocycles. The van der Waals surface area contributed by atoms with Crippen LogP contribution in [0.2, 0.25) is 5.15 Å². The predicted octanol–water partition coefficient (Wildman–Crippen LogP) is 2.97. The number of benzene rings is 1. The van der Waals surface area contributed by atoms with Crippen LogP contribution in [0.25, 0.3) is 21.8 Å². The molecule has 0 radical (unpaired) electrons. The first-order valence-electron chi connectivity index (χ1n) is 7.11. The summed E-state index contributed by atoms with van der Waals surface area (Å²) in [5.41, 5.74) is 2.72. The smallest absolute Gasteiger partial charge is 0.295 e. The zero-order valence-corrected chi connectivity index (χ0v) is 12.7. The van der Waals surface area contributed by atoms with Gasteiger partial charge in [0, 0.05) is 23.9 Å². The van der Waals surface area contributed by atoms with Crippen LogP contribution in [-0.4, -0.2) is 19.3 Å². The van der Waals surface area contributed by atoms with E-state index in [0.29, 0.717) is 11.2 Å². The van der Waals surface area contributed by atoms with E-state index in [-0.39, 0.29) is 5.69 Å². The lowest BCUT2D eigenvalue weighted by atomic mass is 9.93. The summed E-state index contributed by atoms with van der Waals surface area (Å²) < 4.78 is 3.62. The van der Waals surface area contributed by atoms with Gasteiger partial charge in [-0.25, -0.2) is 4.79 Å². The maximum Gasteiger partial charge on any atom is 0.329 e. The molecular formula is C15H15ClN4O. The van der Waals surface area contributed by atoms with Crippen molar-refractivity contribution >= 4 is 33.4 Å². The zero-order valence-electron chi connectivity index (χ0n) is 11.9. The average molecular weight is 303 g/mol. The zero-order chi connectivity index (χ0) is 14.7. The Morgan fingerprint density at radius 1 is 1.19 bits per heavy atom. The summed E-state index contributed by atoms with van der Waals surface area (Å²) in [6.45, 7) is 1.90. The van der Waals surface area contributed by atoms with E-state index in [1.807, 2.05) is 30.7 Å². The van der Waals surface area contributed by atoms with Crippen LogP contribution in [0.4, 0.5) is 0 Å². The van der Waals surface area contributed by atoms with E-state index in [0.717, 1.165) is 40.3 Å². The molecule has 3 aromatic rings. The molecule has 2 aromatic heterocycles. The fourth-order valence-electron chi connectivity index (χ4n) is 3.10. The Hall–Kier alpha value is -1.88. The van der Waals surface area contributed by atoms with Gasteiger partial charge in [-0.2, -0.15) is 5.10 Å². The quantitative estimate of drug-likeness (QED) is 0.694. The van der Waals surface area contributed by atoms with Crippen LogP contribution in [0.15, 0.2) is 16.9 Å². The van der Waals surface area contributed by atoms with Gasteiger partial charge in [0.15, 0.2) is 5.15 Å². The molecule has 2 heterocycles. The van der Waals surface area contributed by atoms with Crippen molar-refractivity contribution in [3.05, 3.63) is 33.5 Å². The summed E-state index contributed by atoms with van der Waals surface area (Å²) in [5, 5.41) is 10.2. The number of rotatable bonds is 1. The van der Waals surface area contributed by atoms with E-state index in [9.17, 15) is 4.79 Å². The number of hydrogen-bond donors (Lipinski definition) is 0. The van der Waals surface area contributed by atoms with E-state index in [1.165, 1.54) is 6.42 Å². The van der Waals surface area contributed by atoms with E-state index in [1.54, 1.807) is 4.57 Å².